The highest BCUT2D eigenvalue weighted by Gasteiger charge is 2.10. The van der Waals surface area contributed by atoms with Crippen LogP contribution in [0.25, 0.3) is 0 Å². The van der Waals surface area contributed by atoms with E-state index in [0.29, 0.717) is 17.9 Å². The van der Waals surface area contributed by atoms with E-state index in [-0.39, 0.29) is 5.91 Å². The molecule has 3 nitrogen and oxygen atoms in total. The van der Waals surface area contributed by atoms with Gasteiger partial charge in [0.2, 0.25) is 0 Å². The van der Waals surface area contributed by atoms with Gasteiger partial charge in [-0.05, 0) is 17.7 Å². The maximum Gasteiger partial charge on any atom is 0.255 e. The van der Waals surface area contributed by atoms with E-state index in [1.807, 2.05) is 44.2 Å². The van der Waals surface area contributed by atoms with E-state index in [4.69, 9.17) is 4.74 Å². The standard InChI is InChI=1S/C15H16BNO2/c1-19-14-5-3-2-4-13(14)15(18)17-10-11-6-8-12(16)9-7-11/h2-9H,10,16H2,1H3,(H,17,18). The van der Waals surface area contributed by atoms with Crippen LogP contribution in [0.1, 0.15) is 15.9 Å². The van der Waals surface area contributed by atoms with Gasteiger partial charge in [0, 0.05) is 6.54 Å². The van der Waals surface area contributed by atoms with Gasteiger partial charge in [0.05, 0.1) is 12.7 Å². The zero-order chi connectivity index (χ0) is 13.7. The van der Waals surface area contributed by atoms with Crippen LogP contribution in [0.4, 0.5) is 0 Å². The summed E-state index contributed by atoms with van der Waals surface area (Å²) in [6, 6.07) is 15.3. The normalized spacial score (nSPS) is 9.95. The van der Waals surface area contributed by atoms with Crippen LogP contribution < -0.4 is 15.5 Å². The molecular weight excluding hydrogens is 237 g/mol. The fourth-order valence-electron chi connectivity index (χ4n) is 1.82. The molecule has 2 aromatic carbocycles. The van der Waals surface area contributed by atoms with Gasteiger partial charge in [-0.3, -0.25) is 4.79 Å². The lowest BCUT2D eigenvalue weighted by Crippen LogP contribution is -2.23. The molecule has 0 aliphatic carbocycles. The Morgan fingerprint density at radius 2 is 1.84 bits per heavy atom. The van der Waals surface area contributed by atoms with Crippen LogP contribution in [-0.4, -0.2) is 20.9 Å². The Labute approximate surface area is 114 Å². The van der Waals surface area contributed by atoms with Crippen molar-refractivity contribution >= 4 is 19.2 Å². The van der Waals surface area contributed by atoms with Crippen LogP contribution in [0.3, 0.4) is 0 Å². The van der Waals surface area contributed by atoms with Gasteiger partial charge < -0.3 is 10.1 Å². The molecule has 0 aliphatic rings. The van der Waals surface area contributed by atoms with Gasteiger partial charge >= 0.3 is 0 Å². The lowest BCUT2D eigenvalue weighted by atomic mass is 9.95. The minimum Gasteiger partial charge on any atom is -0.496 e. The molecular formula is C15H16BNO2. The Hall–Kier alpha value is -2.23. The zero-order valence-corrected chi connectivity index (χ0v) is 11.1. The third-order valence-corrected chi connectivity index (χ3v) is 2.93. The average molecular weight is 253 g/mol. The summed E-state index contributed by atoms with van der Waals surface area (Å²) in [5, 5.41) is 2.89. The molecule has 96 valence electrons. The summed E-state index contributed by atoms with van der Waals surface area (Å²) in [4.78, 5) is 12.1. The molecule has 0 aliphatic heterocycles. The summed E-state index contributed by atoms with van der Waals surface area (Å²) in [6.45, 7) is 0.511. The smallest absolute Gasteiger partial charge is 0.255 e. The van der Waals surface area contributed by atoms with Crippen LogP contribution >= 0.6 is 0 Å². The Morgan fingerprint density at radius 1 is 1.16 bits per heavy atom. The van der Waals surface area contributed by atoms with Crippen molar-refractivity contribution in [2.24, 2.45) is 0 Å². The molecule has 0 radical (unpaired) electrons. The number of para-hydroxylation sites is 1. The maximum atomic E-state index is 12.1. The summed E-state index contributed by atoms with van der Waals surface area (Å²) in [7, 11) is 3.60. The van der Waals surface area contributed by atoms with E-state index < -0.39 is 0 Å². The molecule has 1 amide bonds. The lowest BCUT2D eigenvalue weighted by Gasteiger charge is -2.09. The van der Waals surface area contributed by atoms with Gasteiger partial charge in [-0.2, -0.15) is 0 Å². The van der Waals surface area contributed by atoms with Gasteiger partial charge in [-0.15, -0.1) is 0 Å². The zero-order valence-electron chi connectivity index (χ0n) is 11.1. The van der Waals surface area contributed by atoms with E-state index in [2.05, 4.69) is 5.32 Å². The van der Waals surface area contributed by atoms with Crippen LogP contribution in [0.2, 0.25) is 0 Å². The highest BCUT2D eigenvalue weighted by Crippen LogP contribution is 2.16. The van der Waals surface area contributed by atoms with Crippen LogP contribution in [0.5, 0.6) is 5.75 Å². The summed E-state index contributed by atoms with van der Waals surface area (Å²) >= 11 is 0. The van der Waals surface area contributed by atoms with E-state index >= 15 is 0 Å². The van der Waals surface area contributed by atoms with E-state index in [0.717, 1.165) is 5.56 Å². The molecule has 2 aromatic rings. The van der Waals surface area contributed by atoms with Crippen LogP contribution in [-0.2, 0) is 6.54 Å². The Bertz CT molecular complexity index is 567. The Morgan fingerprint density at radius 3 is 2.53 bits per heavy atom. The number of amides is 1. The number of rotatable bonds is 4. The first-order chi connectivity index (χ1) is 9.20. The number of hydrogen-bond donors (Lipinski definition) is 1. The molecule has 0 spiro atoms. The third kappa shape index (κ3) is 3.38. The first kappa shape index (κ1) is 13.2. The van der Waals surface area contributed by atoms with Crippen molar-refractivity contribution in [1.82, 2.24) is 5.32 Å². The Balaban J connectivity index is 2.03. The van der Waals surface area contributed by atoms with E-state index in [9.17, 15) is 4.79 Å². The number of carbonyl (C=O) groups is 1. The van der Waals surface area contributed by atoms with E-state index in [1.54, 1.807) is 19.2 Å². The van der Waals surface area contributed by atoms with Crippen molar-refractivity contribution in [2.75, 3.05) is 7.11 Å². The molecule has 0 bridgehead atoms. The number of benzene rings is 2. The van der Waals surface area contributed by atoms with Crippen molar-refractivity contribution in [3.05, 3.63) is 59.7 Å². The summed E-state index contributed by atoms with van der Waals surface area (Å²) in [6.07, 6.45) is 0. The van der Waals surface area contributed by atoms with Crippen molar-refractivity contribution in [3.63, 3.8) is 0 Å². The molecule has 0 heterocycles. The molecule has 0 aromatic heterocycles. The van der Waals surface area contributed by atoms with Crippen molar-refractivity contribution in [3.8, 4) is 5.75 Å². The summed E-state index contributed by atoms with van der Waals surface area (Å²) < 4.78 is 5.17. The number of carbonyl (C=O) groups excluding carboxylic acids is 1. The minimum absolute atomic E-state index is 0.127. The quantitative estimate of drug-likeness (QED) is 0.821. The second kappa shape index (κ2) is 6.09. The molecule has 4 heteroatoms. The van der Waals surface area contributed by atoms with E-state index in [1.165, 1.54) is 5.46 Å². The summed E-state index contributed by atoms with van der Waals surface area (Å²) in [5.41, 5.74) is 2.84. The van der Waals surface area contributed by atoms with Crippen molar-refractivity contribution < 1.29 is 9.53 Å². The number of hydrogen-bond acceptors (Lipinski definition) is 2. The topological polar surface area (TPSA) is 38.3 Å². The van der Waals surface area contributed by atoms with Gasteiger partial charge in [-0.1, -0.05) is 41.9 Å². The molecule has 1 N–H and O–H groups in total. The van der Waals surface area contributed by atoms with Gasteiger partial charge in [0.1, 0.15) is 13.6 Å². The predicted octanol–water partition coefficient (Wildman–Crippen LogP) is 0.884. The second-order valence-electron chi connectivity index (χ2n) is 4.37. The molecule has 0 saturated heterocycles. The highest BCUT2D eigenvalue weighted by molar-refractivity contribution is 6.32. The monoisotopic (exact) mass is 253 g/mol. The van der Waals surface area contributed by atoms with Crippen LogP contribution in [0.15, 0.2) is 48.5 Å². The fourth-order valence-corrected chi connectivity index (χ4v) is 1.82. The van der Waals surface area contributed by atoms with Crippen molar-refractivity contribution in [1.29, 1.82) is 0 Å². The minimum atomic E-state index is -0.127. The fraction of sp³-hybridized carbons (Fsp3) is 0.133. The van der Waals surface area contributed by atoms with Gasteiger partial charge in [0.25, 0.3) is 5.91 Å². The predicted molar refractivity (Wildman–Crippen MR) is 78.8 cm³/mol. The number of ether oxygens (including phenoxy) is 1. The first-order valence-electron chi connectivity index (χ1n) is 6.17. The summed E-state index contributed by atoms with van der Waals surface area (Å²) in [5.74, 6) is 0.460. The van der Waals surface area contributed by atoms with Gasteiger partial charge in [0.15, 0.2) is 0 Å². The molecule has 0 fully saturated rings. The number of nitrogens with one attached hydrogen (secondary N) is 1. The first-order valence-corrected chi connectivity index (χ1v) is 6.17. The molecule has 2 rings (SSSR count). The SMILES string of the molecule is Bc1ccc(CNC(=O)c2ccccc2OC)cc1. The maximum absolute atomic E-state index is 12.1. The largest absolute Gasteiger partial charge is 0.496 e. The second-order valence-corrected chi connectivity index (χ2v) is 4.37. The molecule has 0 unspecified atom stereocenters. The molecule has 0 saturated carbocycles. The van der Waals surface area contributed by atoms with Gasteiger partial charge in [-0.25, -0.2) is 0 Å². The van der Waals surface area contributed by atoms with Crippen molar-refractivity contribution in [2.45, 2.75) is 6.54 Å². The molecule has 0 atom stereocenters. The highest BCUT2D eigenvalue weighted by atomic mass is 16.5. The third-order valence-electron chi connectivity index (χ3n) is 2.93. The number of methoxy groups -OCH3 is 1. The Kier molecular flexibility index (Phi) is 4.24. The lowest BCUT2D eigenvalue weighted by molar-refractivity contribution is 0.0948. The van der Waals surface area contributed by atoms with Crippen LogP contribution in [0, 0.1) is 0 Å². The average Bonchev–Trinajstić information content (AvgIpc) is 2.46. The molecule has 19 heavy (non-hydrogen) atoms.